The number of aryl methyl sites for hydroxylation is 1. The van der Waals surface area contributed by atoms with Gasteiger partial charge in [0.2, 0.25) is 17.6 Å². The number of aromatic nitrogens is 1. The number of sulfone groups is 1. The molecule has 2 aromatic rings. The van der Waals surface area contributed by atoms with Gasteiger partial charge in [0, 0.05) is 31.0 Å². The minimum absolute atomic E-state index is 0.00905. The molecule has 0 aliphatic carbocycles. The van der Waals surface area contributed by atoms with Crippen LogP contribution >= 0.6 is 0 Å². The van der Waals surface area contributed by atoms with Crippen molar-refractivity contribution in [2.45, 2.75) is 26.1 Å². The van der Waals surface area contributed by atoms with Gasteiger partial charge in [-0.15, -0.1) is 0 Å². The number of carbonyl (C=O) groups excluding carboxylic acids is 2. The van der Waals surface area contributed by atoms with E-state index in [0.717, 1.165) is 17.0 Å². The highest BCUT2D eigenvalue weighted by Crippen LogP contribution is 2.27. The van der Waals surface area contributed by atoms with E-state index < -0.39 is 21.5 Å². The van der Waals surface area contributed by atoms with E-state index in [1.54, 1.807) is 0 Å². The van der Waals surface area contributed by atoms with Gasteiger partial charge in [-0.3, -0.25) is 9.59 Å². The zero-order valence-electron chi connectivity index (χ0n) is 19.3. The molecule has 34 heavy (non-hydrogen) atoms. The average Bonchev–Trinajstić information content (AvgIpc) is 3.19. The van der Waals surface area contributed by atoms with Crippen LogP contribution in [-0.2, 0) is 35.3 Å². The van der Waals surface area contributed by atoms with E-state index in [9.17, 15) is 18.0 Å². The molecule has 1 aromatic heterocycles. The van der Waals surface area contributed by atoms with Crippen LogP contribution in [0.15, 0.2) is 34.7 Å². The topological polar surface area (TPSA) is 128 Å². The molecule has 0 radical (unpaired) electrons. The number of nitrogens with zero attached hydrogens (tertiary/aromatic N) is 2. The molecule has 10 nitrogen and oxygen atoms in total. The summed E-state index contributed by atoms with van der Waals surface area (Å²) in [7, 11) is -3.08. The van der Waals surface area contributed by atoms with Gasteiger partial charge < -0.3 is 24.1 Å². The van der Waals surface area contributed by atoms with Gasteiger partial charge in [-0.05, 0) is 26.0 Å². The Labute approximate surface area is 198 Å². The first-order chi connectivity index (χ1) is 16.2. The molecule has 2 aliphatic heterocycles. The largest absolute Gasteiger partial charge is 0.441 e. The molecule has 0 saturated carbocycles. The summed E-state index contributed by atoms with van der Waals surface area (Å²) in [5, 5.41) is 2.55. The van der Waals surface area contributed by atoms with Gasteiger partial charge in [-0.25, -0.2) is 13.4 Å². The fourth-order valence-corrected chi connectivity index (χ4v) is 5.08. The molecule has 0 unspecified atom stereocenters. The van der Waals surface area contributed by atoms with Gasteiger partial charge >= 0.3 is 0 Å². The fraction of sp³-hybridized carbons (Fsp3) is 0.522. The van der Waals surface area contributed by atoms with Crippen LogP contribution in [0.5, 0.6) is 0 Å². The number of benzene rings is 1. The molecule has 0 bridgehead atoms. The second-order valence-electron chi connectivity index (χ2n) is 8.74. The highest BCUT2D eigenvalue weighted by molar-refractivity contribution is 7.91. The van der Waals surface area contributed by atoms with E-state index in [-0.39, 0.29) is 56.2 Å². The van der Waals surface area contributed by atoms with Crippen LogP contribution in [-0.4, -0.2) is 80.3 Å². The Bertz CT molecular complexity index is 1120. The molecule has 2 fully saturated rings. The van der Waals surface area contributed by atoms with E-state index in [4.69, 9.17) is 13.9 Å². The Hall–Kier alpha value is -2.76. The Morgan fingerprint density at radius 2 is 1.79 bits per heavy atom. The highest BCUT2D eigenvalue weighted by atomic mass is 32.2. The zero-order chi connectivity index (χ0) is 24.3. The van der Waals surface area contributed by atoms with Crippen LogP contribution in [0.4, 0.5) is 0 Å². The van der Waals surface area contributed by atoms with Crippen molar-refractivity contribution in [3.63, 3.8) is 0 Å². The van der Waals surface area contributed by atoms with Crippen LogP contribution in [0.25, 0.3) is 11.5 Å². The molecule has 0 spiro atoms. The molecule has 2 aliphatic rings. The number of oxazole rings is 1. The third-order valence-corrected chi connectivity index (χ3v) is 7.70. The van der Waals surface area contributed by atoms with E-state index in [1.165, 1.54) is 11.8 Å². The normalized spacial score (nSPS) is 24.5. The van der Waals surface area contributed by atoms with Gasteiger partial charge in [0.25, 0.3) is 5.91 Å². The molecule has 2 saturated heterocycles. The van der Waals surface area contributed by atoms with E-state index in [1.807, 2.05) is 37.3 Å². The maximum Gasteiger partial charge on any atom is 0.280 e. The molecule has 184 valence electrons. The van der Waals surface area contributed by atoms with E-state index in [2.05, 4.69) is 10.3 Å². The van der Waals surface area contributed by atoms with Crippen molar-refractivity contribution in [3.05, 3.63) is 41.8 Å². The maximum atomic E-state index is 12.6. The van der Waals surface area contributed by atoms with Crippen molar-refractivity contribution in [2.75, 3.05) is 44.4 Å². The lowest BCUT2D eigenvalue weighted by Gasteiger charge is -2.36. The lowest BCUT2D eigenvalue weighted by molar-refractivity contribution is -0.259. The van der Waals surface area contributed by atoms with Gasteiger partial charge in [0.15, 0.2) is 9.84 Å². The zero-order valence-corrected chi connectivity index (χ0v) is 20.1. The standard InChI is InChI=1S/C23H29N3O7S/c1-16-19(25-21(33-16)18-6-4-3-5-7-18)12-17-14-31-23(2,32-15-17)22(28)24-13-20(27)26-8-10-34(29,30)11-9-26/h3-7,17H,8-15H2,1-2H3,(H,24,28). The quantitative estimate of drug-likeness (QED) is 0.633. The predicted molar refractivity (Wildman–Crippen MR) is 122 cm³/mol. The lowest BCUT2D eigenvalue weighted by atomic mass is 10.0. The molecule has 3 heterocycles. The van der Waals surface area contributed by atoms with E-state index >= 15 is 0 Å². The Morgan fingerprint density at radius 3 is 2.44 bits per heavy atom. The van der Waals surface area contributed by atoms with Gasteiger partial charge in [0.05, 0.1) is 37.0 Å². The van der Waals surface area contributed by atoms with Crippen LogP contribution in [0.2, 0.25) is 0 Å². The van der Waals surface area contributed by atoms with Crippen molar-refractivity contribution in [3.8, 4) is 11.5 Å². The molecule has 1 aromatic carbocycles. The SMILES string of the molecule is Cc1oc(-c2ccccc2)nc1CC1COC(C)(C(=O)NCC(=O)N2CCS(=O)(=O)CC2)OC1. The monoisotopic (exact) mass is 491 g/mol. The average molecular weight is 492 g/mol. The number of amides is 2. The second-order valence-corrected chi connectivity index (χ2v) is 11.0. The van der Waals surface area contributed by atoms with Crippen LogP contribution in [0.3, 0.4) is 0 Å². The minimum Gasteiger partial charge on any atom is -0.441 e. The number of ether oxygens (including phenoxy) is 2. The van der Waals surface area contributed by atoms with Crippen molar-refractivity contribution < 1.29 is 31.9 Å². The minimum atomic E-state index is -3.08. The summed E-state index contributed by atoms with van der Waals surface area (Å²) in [6, 6.07) is 9.65. The maximum absolute atomic E-state index is 12.6. The smallest absolute Gasteiger partial charge is 0.280 e. The third kappa shape index (κ3) is 5.65. The molecular formula is C23H29N3O7S. The number of carbonyl (C=O) groups is 2. The second kappa shape index (κ2) is 9.85. The first-order valence-corrected chi connectivity index (χ1v) is 13.0. The van der Waals surface area contributed by atoms with Crippen molar-refractivity contribution in [1.82, 2.24) is 15.2 Å². The Balaban J connectivity index is 1.26. The molecular weight excluding hydrogens is 462 g/mol. The first-order valence-electron chi connectivity index (χ1n) is 11.2. The Morgan fingerprint density at radius 1 is 1.15 bits per heavy atom. The van der Waals surface area contributed by atoms with Gasteiger partial charge in [0.1, 0.15) is 5.76 Å². The number of rotatable bonds is 6. The summed E-state index contributed by atoms with van der Waals surface area (Å²) in [4.78, 5) is 31.0. The summed E-state index contributed by atoms with van der Waals surface area (Å²) in [6.45, 7) is 3.98. The van der Waals surface area contributed by atoms with Crippen molar-refractivity contribution >= 4 is 21.7 Å². The van der Waals surface area contributed by atoms with Crippen LogP contribution < -0.4 is 5.32 Å². The summed E-state index contributed by atoms with van der Waals surface area (Å²) >= 11 is 0. The predicted octanol–water partition coefficient (Wildman–Crippen LogP) is 0.945. The number of hydrogen-bond donors (Lipinski definition) is 1. The first kappa shape index (κ1) is 24.4. The van der Waals surface area contributed by atoms with Crippen molar-refractivity contribution in [1.29, 1.82) is 0 Å². The Kier molecular flexibility index (Phi) is 7.06. The highest BCUT2D eigenvalue weighted by Gasteiger charge is 2.41. The third-order valence-electron chi connectivity index (χ3n) is 6.09. The summed E-state index contributed by atoms with van der Waals surface area (Å²) in [5.41, 5.74) is 1.72. The van der Waals surface area contributed by atoms with Crippen molar-refractivity contribution in [2.24, 2.45) is 5.92 Å². The summed E-state index contributed by atoms with van der Waals surface area (Å²) < 4.78 is 40.3. The molecule has 2 amide bonds. The molecule has 1 N–H and O–H groups in total. The molecule has 4 rings (SSSR count). The van der Waals surface area contributed by atoms with Gasteiger partial charge in [-0.1, -0.05) is 18.2 Å². The van der Waals surface area contributed by atoms with Gasteiger partial charge in [-0.2, -0.15) is 0 Å². The summed E-state index contributed by atoms with van der Waals surface area (Å²) in [6.07, 6.45) is 0.580. The summed E-state index contributed by atoms with van der Waals surface area (Å²) in [5.74, 6) is -1.23. The van der Waals surface area contributed by atoms with Crippen LogP contribution in [0.1, 0.15) is 18.4 Å². The van der Waals surface area contributed by atoms with E-state index in [0.29, 0.717) is 12.3 Å². The molecule has 0 atom stereocenters. The fourth-order valence-electron chi connectivity index (χ4n) is 3.88. The number of nitrogens with one attached hydrogen (secondary N) is 1. The van der Waals surface area contributed by atoms with Crippen LogP contribution in [0, 0.1) is 12.8 Å². The lowest BCUT2D eigenvalue weighted by Crippen LogP contribution is -2.55. The number of hydrogen-bond acceptors (Lipinski definition) is 8. The molecule has 11 heteroatoms.